The lowest BCUT2D eigenvalue weighted by atomic mass is 10.3. The summed E-state index contributed by atoms with van der Waals surface area (Å²) in [5.41, 5.74) is 0.829. The molecular weight excluding hydrogens is 240 g/mol. The van der Waals surface area contributed by atoms with Crippen LogP contribution in [-0.2, 0) is 17.9 Å². The molecule has 0 saturated carbocycles. The second kappa shape index (κ2) is 5.10. The molecule has 6 heteroatoms. The molecule has 2 rings (SSSR count). The predicted octanol–water partition coefficient (Wildman–Crippen LogP) is 2.37. The van der Waals surface area contributed by atoms with Crippen LogP contribution in [0.5, 0.6) is 0 Å². The number of ether oxygens (including phenoxy) is 1. The van der Waals surface area contributed by atoms with Crippen molar-refractivity contribution in [1.82, 2.24) is 9.55 Å². The molecule has 0 radical (unpaired) electrons. The third-order valence-corrected chi connectivity index (χ3v) is 2.59. The predicted molar refractivity (Wildman–Crippen MR) is 60.6 cm³/mol. The van der Waals surface area contributed by atoms with Gasteiger partial charge in [-0.15, -0.1) is 0 Å². The molecular formula is C12H11F2N3O. The van der Waals surface area contributed by atoms with Crippen molar-refractivity contribution in [2.75, 3.05) is 7.11 Å². The Morgan fingerprint density at radius 2 is 2.11 bits per heavy atom. The van der Waals surface area contributed by atoms with Crippen LogP contribution >= 0.6 is 0 Å². The van der Waals surface area contributed by atoms with Gasteiger partial charge in [-0.2, -0.15) is 5.26 Å². The summed E-state index contributed by atoms with van der Waals surface area (Å²) in [6.07, 6.45) is 0.265. The Morgan fingerprint density at radius 1 is 1.39 bits per heavy atom. The second-order valence-corrected chi connectivity index (χ2v) is 3.78. The molecule has 0 aliphatic rings. The lowest BCUT2D eigenvalue weighted by Crippen LogP contribution is -2.04. The molecule has 1 aromatic carbocycles. The van der Waals surface area contributed by atoms with Gasteiger partial charge in [-0.25, -0.2) is 13.8 Å². The standard InChI is InChI=1S/C12H11F2N3O/c1-18-7-12-16-10-5-8(13)9(14)6-11(10)17(12)4-2-3-15/h5-6H,2,4,7H2,1H3. The highest BCUT2D eigenvalue weighted by molar-refractivity contribution is 5.76. The van der Waals surface area contributed by atoms with Crippen molar-refractivity contribution < 1.29 is 13.5 Å². The van der Waals surface area contributed by atoms with Crippen molar-refractivity contribution in [2.24, 2.45) is 0 Å². The quantitative estimate of drug-likeness (QED) is 0.838. The van der Waals surface area contributed by atoms with Gasteiger partial charge in [0.2, 0.25) is 0 Å². The van der Waals surface area contributed by atoms with Crippen molar-refractivity contribution >= 4 is 11.0 Å². The van der Waals surface area contributed by atoms with E-state index >= 15 is 0 Å². The Bertz CT molecular complexity index is 616. The fraction of sp³-hybridized carbons (Fsp3) is 0.333. The van der Waals surface area contributed by atoms with Gasteiger partial charge >= 0.3 is 0 Å². The molecule has 18 heavy (non-hydrogen) atoms. The zero-order valence-electron chi connectivity index (χ0n) is 9.78. The first-order valence-electron chi connectivity index (χ1n) is 5.37. The number of rotatable bonds is 4. The third kappa shape index (κ3) is 2.17. The fourth-order valence-corrected chi connectivity index (χ4v) is 1.82. The molecule has 94 valence electrons. The number of nitriles is 1. The minimum Gasteiger partial charge on any atom is -0.377 e. The number of aromatic nitrogens is 2. The average molecular weight is 251 g/mol. The van der Waals surface area contributed by atoms with Crippen LogP contribution in [0, 0.1) is 23.0 Å². The van der Waals surface area contributed by atoms with Crippen LogP contribution in [0.3, 0.4) is 0 Å². The van der Waals surface area contributed by atoms with Crippen LogP contribution < -0.4 is 0 Å². The molecule has 0 N–H and O–H groups in total. The number of imidazole rings is 1. The van der Waals surface area contributed by atoms with E-state index in [0.29, 0.717) is 23.4 Å². The summed E-state index contributed by atoms with van der Waals surface area (Å²) in [6.45, 7) is 0.597. The molecule has 0 bridgehead atoms. The highest BCUT2D eigenvalue weighted by Gasteiger charge is 2.13. The van der Waals surface area contributed by atoms with Crippen LogP contribution in [0.15, 0.2) is 12.1 Å². The number of benzene rings is 1. The topological polar surface area (TPSA) is 50.8 Å². The number of nitrogens with zero attached hydrogens (tertiary/aromatic N) is 3. The van der Waals surface area contributed by atoms with E-state index in [-0.39, 0.29) is 13.0 Å². The summed E-state index contributed by atoms with van der Waals surface area (Å²) >= 11 is 0. The van der Waals surface area contributed by atoms with Crippen molar-refractivity contribution in [3.05, 3.63) is 29.6 Å². The first-order valence-corrected chi connectivity index (χ1v) is 5.37. The van der Waals surface area contributed by atoms with E-state index < -0.39 is 11.6 Å². The molecule has 0 amide bonds. The number of halogens is 2. The minimum absolute atomic E-state index is 0.226. The van der Waals surface area contributed by atoms with E-state index in [4.69, 9.17) is 10.00 Å². The van der Waals surface area contributed by atoms with Gasteiger partial charge in [-0.3, -0.25) is 0 Å². The smallest absolute Gasteiger partial charge is 0.161 e. The maximum atomic E-state index is 13.2. The molecule has 0 atom stereocenters. The summed E-state index contributed by atoms with van der Waals surface area (Å²) in [6, 6.07) is 4.15. The van der Waals surface area contributed by atoms with Gasteiger partial charge in [0.05, 0.1) is 23.5 Å². The average Bonchev–Trinajstić information content (AvgIpc) is 2.65. The maximum Gasteiger partial charge on any atom is 0.161 e. The lowest BCUT2D eigenvalue weighted by molar-refractivity contribution is 0.174. The molecule has 0 saturated heterocycles. The van der Waals surface area contributed by atoms with Crippen molar-refractivity contribution in [1.29, 1.82) is 5.26 Å². The van der Waals surface area contributed by atoms with Crippen LogP contribution in [0.2, 0.25) is 0 Å². The fourth-order valence-electron chi connectivity index (χ4n) is 1.82. The molecule has 1 aromatic heterocycles. The second-order valence-electron chi connectivity index (χ2n) is 3.78. The SMILES string of the molecule is COCc1nc2cc(F)c(F)cc2n1CCC#N. The number of hydrogen-bond acceptors (Lipinski definition) is 3. The van der Waals surface area contributed by atoms with E-state index in [1.807, 2.05) is 6.07 Å². The molecule has 0 aliphatic heterocycles. The van der Waals surface area contributed by atoms with E-state index in [1.54, 1.807) is 4.57 Å². The van der Waals surface area contributed by atoms with Crippen molar-refractivity contribution in [2.45, 2.75) is 19.6 Å². The first-order chi connectivity index (χ1) is 8.67. The van der Waals surface area contributed by atoms with Crippen molar-refractivity contribution in [3.63, 3.8) is 0 Å². The maximum absolute atomic E-state index is 13.2. The van der Waals surface area contributed by atoms with Gasteiger partial charge in [0.25, 0.3) is 0 Å². The molecule has 2 aromatic rings. The van der Waals surface area contributed by atoms with Gasteiger partial charge in [0.1, 0.15) is 12.4 Å². The molecule has 4 nitrogen and oxygen atoms in total. The Kier molecular flexibility index (Phi) is 3.53. The van der Waals surface area contributed by atoms with Gasteiger partial charge in [-0.1, -0.05) is 0 Å². The van der Waals surface area contributed by atoms with Crippen LogP contribution in [0.4, 0.5) is 8.78 Å². The van der Waals surface area contributed by atoms with Gasteiger partial charge in [0, 0.05) is 25.8 Å². The lowest BCUT2D eigenvalue weighted by Gasteiger charge is -2.06. The highest BCUT2D eigenvalue weighted by Crippen LogP contribution is 2.20. The van der Waals surface area contributed by atoms with Gasteiger partial charge < -0.3 is 9.30 Å². The number of fused-ring (bicyclic) bond motifs is 1. The summed E-state index contributed by atoms with van der Waals surface area (Å²) < 4.78 is 33.0. The van der Waals surface area contributed by atoms with Gasteiger partial charge in [-0.05, 0) is 0 Å². The minimum atomic E-state index is -0.934. The largest absolute Gasteiger partial charge is 0.377 e. The molecule has 0 unspecified atom stereocenters. The van der Waals surface area contributed by atoms with Crippen LogP contribution in [-0.4, -0.2) is 16.7 Å². The molecule has 0 fully saturated rings. The van der Waals surface area contributed by atoms with Crippen LogP contribution in [0.1, 0.15) is 12.2 Å². The highest BCUT2D eigenvalue weighted by atomic mass is 19.2. The van der Waals surface area contributed by atoms with E-state index in [1.165, 1.54) is 7.11 Å². The van der Waals surface area contributed by atoms with E-state index in [2.05, 4.69) is 4.98 Å². The normalized spacial score (nSPS) is 10.8. The zero-order chi connectivity index (χ0) is 13.1. The van der Waals surface area contributed by atoms with E-state index in [9.17, 15) is 8.78 Å². The van der Waals surface area contributed by atoms with Gasteiger partial charge in [0.15, 0.2) is 11.6 Å². The summed E-state index contributed by atoms with van der Waals surface area (Å²) in [5.74, 6) is -1.31. The Hall–Kier alpha value is -2.00. The number of aryl methyl sites for hydroxylation is 1. The molecule has 0 aliphatic carbocycles. The zero-order valence-corrected chi connectivity index (χ0v) is 9.78. The third-order valence-electron chi connectivity index (χ3n) is 2.59. The first kappa shape index (κ1) is 12.5. The number of hydrogen-bond donors (Lipinski definition) is 0. The summed E-state index contributed by atoms with van der Waals surface area (Å²) in [5, 5.41) is 8.61. The Balaban J connectivity index is 2.57. The van der Waals surface area contributed by atoms with Crippen molar-refractivity contribution in [3.8, 4) is 6.07 Å². The Labute approximate surface area is 102 Å². The van der Waals surface area contributed by atoms with Crippen LogP contribution in [0.25, 0.3) is 11.0 Å². The monoisotopic (exact) mass is 251 g/mol. The molecule has 1 heterocycles. The molecule has 0 spiro atoms. The number of methoxy groups -OCH3 is 1. The summed E-state index contributed by atoms with van der Waals surface area (Å²) in [4.78, 5) is 4.18. The Morgan fingerprint density at radius 3 is 2.78 bits per heavy atom. The van der Waals surface area contributed by atoms with E-state index in [0.717, 1.165) is 12.1 Å². The summed E-state index contributed by atoms with van der Waals surface area (Å²) in [7, 11) is 1.51.